The Labute approximate surface area is 110 Å². The summed E-state index contributed by atoms with van der Waals surface area (Å²) in [6.45, 7) is 9.23. The number of aryl methyl sites for hydroxylation is 2. The average molecular weight is 244 g/mol. The summed E-state index contributed by atoms with van der Waals surface area (Å²) in [7, 11) is 0. The lowest BCUT2D eigenvalue weighted by atomic mass is 9.91. The van der Waals surface area contributed by atoms with E-state index in [4.69, 9.17) is 0 Å². The number of likely N-dealkylation sites (tertiary alicyclic amines) is 1. The molecule has 1 aromatic rings. The third kappa shape index (κ3) is 2.32. The Morgan fingerprint density at radius 1 is 1.22 bits per heavy atom. The summed E-state index contributed by atoms with van der Waals surface area (Å²) < 4.78 is 0. The molecule has 2 heteroatoms. The summed E-state index contributed by atoms with van der Waals surface area (Å²) in [5.41, 5.74) is 4.30. The summed E-state index contributed by atoms with van der Waals surface area (Å²) in [4.78, 5) is 2.69. The molecule has 2 unspecified atom stereocenters. The fraction of sp³-hybridized carbons (Fsp3) is 0.625. The Hall–Kier alpha value is -0.860. The van der Waals surface area contributed by atoms with Gasteiger partial charge in [-0.25, -0.2) is 0 Å². The van der Waals surface area contributed by atoms with Crippen LogP contribution in [0.25, 0.3) is 0 Å². The summed E-state index contributed by atoms with van der Waals surface area (Å²) >= 11 is 0. The van der Waals surface area contributed by atoms with Gasteiger partial charge in [-0.2, -0.15) is 0 Å². The fourth-order valence-electron chi connectivity index (χ4n) is 3.50. The highest BCUT2D eigenvalue weighted by molar-refractivity contribution is 5.30. The number of nitrogens with one attached hydrogen (secondary N) is 1. The Bertz CT molecular complexity index is 427. The number of fused-ring (bicyclic) bond motifs is 1. The van der Waals surface area contributed by atoms with E-state index in [9.17, 15) is 0 Å². The Kier molecular flexibility index (Phi) is 3.40. The van der Waals surface area contributed by atoms with Crippen LogP contribution in [0.15, 0.2) is 18.2 Å². The van der Waals surface area contributed by atoms with Crippen molar-refractivity contribution < 1.29 is 0 Å². The lowest BCUT2D eigenvalue weighted by Gasteiger charge is -2.37. The molecule has 1 N–H and O–H groups in total. The summed E-state index contributed by atoms with van der Waals surface area (Å²) in [6, 6.07) is 7.70. The van der Waals surface area contributed by atoms with Crippen LogP contribution in [0.2, 0.25) is 0 Å². The summed E-state index contributed by atoms with van der Waals surface area (Å²) in [5, 5.41) is 3.56. The topological polar surface area (TPSA) is 15.3 Å². The summed E-state index contributed by atoms with van der Waals surface area (Å²) in [5.74, 6) is 0.894. The van der Waals surface area contributed by atoms with Gasteiger partial charge in [0.2, 0.25) is 0 Å². The predicted octanol–water partition coefficient (Wildman–Crippen LogP) is 2.49. The van der Waals surface area contributed by atoms with Gasteiger partial charge in [0.1, 0.15) is 0 Å². The first-order valence-electron chi connectivity index (χ1n) is 7.25. The van der Waals surface area contributed by atoms with Crippen molar-refractivity contribution in [3.63, 3.8) is 0 Å². The summed E-state index contributed by atoms with van der Waals surface area (Å²) in [6.07, 6.45) is 2.79. The maximum Gasteiger partial charge on any atom is 0.0264 e. The number of hydrogen-bond donors (Lipinski definition) is 1. The first-order chi connectivity index (χ1) is 8.74. The van der Waals surface area contributed by atoms with E-state index in [0.717, 1.165) is 18.5 Å². The number of hydrogen-bond acceptors (Lipinski definition) is 2. The van der Waals surface area contributed by atoms with Gasteiger partial charge < -0.3 is 5.32 Å². The van der Waals surface area contributed by atoms with E-state index in [1.54, 1.807) is 0 Å². The van der Waals surface area contributed by atoms with Crippen LogP contribution in [0.5, 0.6) is 0 Å². The molecule has 2 aliphatic rings. The molecule has 2 nitrogen and oxygen atoms in total. The largest absolute Gasteiger partial charge is 0.315 e. The first-order valence-corrected chi connectivity index (χ1v) is 7.25. The van der Waals surface area contributed by atoms with Crippen LogP contribution < -0.4 is 5.32 Å². The van der Waals surface area contributed by atoms with Crippen LogP contribution >= 0.6 is 0 Å². The van der Waals surface area contributed by atoms with E-state index in [-0.39, 0.29) is 0 Å². The minimum absolute atomic E-state index is 0.778. The third-order valence-electron chi connectivity index (χ3n) is 4.75. The van der Waals surface area contributed by atoms with Crippen molar-refractivity contribution in [2.75, 3.05) is 19.6 Å². The van der Waals surface area contributed by atoms with Gasteiger partial charge in [-0.15, -0.1) is 0 Å². The number of benzene rings is 1. The van der Waals surface area contributed by atoms with Gasteiger partial charge in [-0.3, -0.25) is 4.90 Å². The zero-order valence-corrected chi connectivity index (χ0v) is 11.6. The molecule has 1 aromatic carbocycles. The van der Waals surface area contributed by atoms with E-state index >= 15 is 0 Å². The van der Waals surface area contributed by atoms with E-state index < -0.39 is 0 Å². The van der Waals surface area contributed by atoms with Gasteiger partial charge in [0.05, 0.1) is 0 Å². The molecule has 0 spiro atoms. The van der Waals surface area contributed by atoms with Gasteiger partial charge in [-0.1, -0.05) is 18.2 Å². The molecule has 0 aliphatic carbocycles. The molecule has 0 radical (unpaired) electrons. The van der Waals surface area contributed by atoms with Crippen molar-refractivity contribution in [2.45, 2.75) is 39.3 Å². The van der Waals surface area contributed by atoms with Crippen LogP contribution in [0.1, 0.15) is 29.5 Å². The second-order valence-electron chi connectivity index (χ2n) is 6.02. The highest BCUT2D eigenvalue weighted by Crippen LogP contribution is 2.27. The molecule has 0 aromatic heterocycles. The van der Waals surface area contributed by atoms with E-state index in [1.165, 1.54) is 49.2 Å². The molecule has 2 fully saturated rings. The lowest BCUT2D eigenvalue weighted by Crippen LogP contribution is -2.44. The zero-order chi connectivity index (χ0) is 12.5. The van der Waals surface area contributed by atoms with Crippen LogP contribution in [0, 0.1) is 19.8 Å². The monoisotopic (exact) mass is 244 g/mol. The van der Waals surface area contributed by atoms with Gasteiger partial charge in [-0.05, 0) is 62.4 Å². The molecule has 0 bridgehead atoms. The third-order valence-corrected chi connectivity index (χ3v) is 4.75. The van der Waals surface area contributed by atoms with Crippen molar-refractivity contribution in [3.05, 3.63) is 34.9 Å². The highest BCUT2D eigenvalue weighted by Gasteiger charge is 2.34. The van der Waals surface area contributed by atoms with Gasteiger partial charge >= 0.3 is 0 Å². The van der Waals surface area contributed by atoms with Crippen LogP contribution in [-0.4, -0.2) is 30.6 Å². The molecular formula is C16H24N2. The van der Waals surface area contributed by atoms with Crippen LogP contribution in [0.3, 0.4) is 0 Å². The highest BCUT2D eigenvalue weighted by atomic mass is 15.2. The molecular weight excluding hydrogens is 220 g/mol. The maximum absolute atomic E-state index is 3.56. The molecule has 3 rings (SSSR count). The molecule has 2 saturated heterocycles. The van der Waals surface area contributed by atoms with E-state index in [0.29, 0.717) is 0 Å². The number of piperidine rings is 1. The maximum atomic E-state index is 3.56. The normalized spacial score (nSPS) is 28.3. The van der Waals surface area contributed by atoms with Crippen LogP contribution in [-0.2, 0) is 6.54 Å². The number of nitrogens with zero attached hydrogens (tertiary/aromatic N) is 1. The second-order valence-corrected chi connectivity index (χ2v) is 6.02. The molecule has 0 amide bonds. The van der Waals surface area contributed by atoms with Crippen molar-refractivity contribution in [1.82, 2.24) is 10.2 Å². The standard InChI is InChI=1S/C16H24N2/c1-12-5-6-14(8-13(12)2)11-18-7-3-4-15-9-17-10-16(15)18/h5-6,8,15-17H,3-4,7,9-11H2,1-2H3. The smallest absolute Gasteiger partial charge is 0.0264 e. The molecule has 2 atom stereocenters. The molecule has 2 heterocycles. The molecule has 0 saturated carbocycles. The van der Waals surface area contributed by atoms with Crippen molar-refractivity contribution in [3.8, 4) is 0 Å². The molecule has 2 aliphatic heterocycles. The Morgan fingerprint density at radius 3 is 2.94 bits per heavy atom. The molecule has 98 valence electrons. The van der Waals surface area contributed by atoms with E-state index in [2.05, 4.69) is 42.3 Å². The minimum atomic E-state index is 0.778. The van der Waals surface area contributed by atoms with Gasteiger partial charge in [0, 0.05) is 19.1 Å². The molecule has 18 heavy (non-hydrogen) atoms. The lowest BCUT2D eigenvalue weighted by molar-refractivity contribution is 0.117. The van der Waals surface area contributed by atoms with Gasteiger partial charge in [0.15, 0.2) is 0 Å². The first kappa shape index (κ1) is 12.2. The SMILES string of the molecule is Cc1ccc(CN2CCCC3CNCC32)cc1C. The zero-order valence-electron chi connectivity index (χ0n) is 11.6. The fourth-order valence-corrected chi connectivity index (χ4v) is 3.50. The van der Waals surface area contributed by atoms with Crippen molar-refractivity contribution in [1.29, 1.82) is 0 Å². The average Bonchev–Trinajstić information content (AvgIpc) is 2.83. The van der Waals surface area contributed by atoms with Crippen molar-refractivity contribution >= 4 is 0 Å². The van der Waals surface area contributed by atoms with Gasteiger partial charge in [0.25, 0.3) is 0 Å². The predicted molar refractivity (Wildman–Crippen MR) is 75.7 cm³/mol. The Balaban J connectivity index is 1.73. The second kappa shape index (κ2) is 5.02. The quantitative estimate of drug-likeness (QED) is 0.860. The minimum Gasteiger partial charge on any atom is -0.315 e. The number of rotatable bonds is 2. The van der Waals surface area contributed by atoms with Crippen LogP contribution in [0.4, 0.5) is 0 Å². The Morgan fingerprint density at radius 2 is 2.11 bits per heavy atom. The van der Waals surface area contributed by atoms with E-state index in [1.807, 2.05) is 0 Å². The van der Waals surface area contributed by atoms with Crippen molar-refractivity contribution in [2.24, 2.45) is 5.92 Å².